The molecule has 0 amide bonds. The molecule has 0 spiro atoms. The van der Waals surface area contributed by atoms with E-state index in [1.165, 1.54) is 13.0 Å². The zero-order chi connectivity index (χ0) is 10.6. The van der Waals surface area contributed by atoms with E-state index in [0.717, 1.165) is 30.9 Å². The number of rotatable bonds is 4. The Bertz CT molecular complexity index is 169. The summed E-state index contributed by atoms with van der Waals surface area (Å²) in [6.07, 6.45) is 1.25. The van der Waals surface area contributed by atoms with Gasteiger partial charge in [0.25, 0.3) is 0 Å². The van der Waals surface area contributed by atoms with E-state index in [9.17, 15) is 0 Å². The number of hydrogen-bond donors (Lipinski definition) is 0. The molecule has 1 aliphatic rings. The molecule has 1 fully saturated rings. The molecular formula is C11H22BrNO. The lowest BCUT2D eigenvalue weighted by Crippen LogP contribution is -2.49. The van der Waals surface area contributed by atoms with Crippen molar-refractivity contribution in [2.24, 2.45) is 5.92 Å². The third-order valence-electron chi connectivity index (χ3n) is 2.82. The summed E-state index contributed by atoms with van der Waals surface area (Å²) in [7, 11) is 0. The number of nitrogens with zero attached hydrogens (tertiary/aromatic N) is 1. The first-order chi connectivity index (χ1) is 6.57. The Balaban J connectivity index is 2.37. The zero-order valence-electron chi connectivity index (χ0n) is 9.55. The van der Waals surface area contributed by atoms with E-state index < -0.39 is 0 Å². The molecule has 1 aliphatic heterocycles. The minimum absolute atomic E-state index is 0.0445. The molecule has 0 aromatic rings. The molecule has 1 atom stereocenters. The van der Waals surface area contributed by atoms with Gasteiger partial charge in [-0.05, 0) is 19.8 Å². The topological polar surface area (TPSA) is 12.5 Å². The molecule has 0 radical (unpaired) electrons. The molecule has 0 aliphatic carbocycles. The smallest absolute Gasteiger partial charge is 0.0753 e. The second kappa shape index (κ2) is 5.47. The van der Waals surface area contributed by atoms with Crippen LogP contribution in [0.5, 0.6) is 0 Å². The van der Waals surface area contributed by atoms with Crippen LogP contribution in [-0.2, 0) is 4.74 Å². The van der Waals surface area contributed by atoms with Gasteiger partial charge >= 0.3 is 0 Å². The lowest BCUT2D eigenvalue weighted by atomic mass is 10.0. The van der Waals surface area contributed by atoms with Crippen LogP contribution in [0, 0.1) is 5.92 Å². The van der Waals surface area contributed by atoms with Crippen LogP contribution >= 0.6 is 15.9 Å². The van der Waals surface area contributed by atoms with Gasteiger partial charge in [-0.2, -0.15) is 0 Å². The second-order valence-corrected chi connectivity index (χ2v) is 5.42. The van der Waals surface area contributed by atoms with Crippen LogP contribution in [-0.4, -0.2) is 42.1 Å². The summed E-state index contributed by atoms with van der Waals surface area (Å²) >= 11 is 3.57. The predicted octanol–water partition coefficient (Wildman–Crippen LogP) is 2.52. The van der Waals surface area contributed by atoms with E-state index in [-0.39, 0.29) is 5.60 Å². The minimum atomic E-state index is 0.0445. The van der Waals surface area contributed by atoms with Crippen molar-refractivity contribution >= 4 is 15.9 Å². The van der Waals surface area contributed by atoms with Crippen molar-refractivity contribution in [3.63, 3.8) is 0 Å². The van der Waals surface area contributed by atoms with Gasteiger partial charge in [0, 0.05) is 25.0 Å². The predicted molar refractivity (Wildman–Crippen MR) is 64.0 cm³/mol. The van der Waals surface area contributed by atoms with E-state index >= 15 is 0 Å². The summed E-state index contributed by atoms with van der Waals surface area (Å²) < 4.78 is 5.69. The highest BCUT2D eigenvalue weighted by molar-refractivity contribution is 9.09. The summed E-state index contributed by atoms with van der Waals surface area (Å²) in [5.74, 6) is 0.781. The molecule has 0 aromatic carbocycles. The third-order valence-corrected chi connectivity index (χ3v) is 3.73. The Hall–Kier alpha value is 0.400. The molecule has 0 bridgehead atoms. The van der Waals surface area contributed by atoms with Gasteiger partial charge in [0.05, 0.1) is 12.2 Å². The van der Waals surface area contributed by atoms with E-state index in [4.69, 9.17) is 4.74 Å². The van der Waals surface area contributed by atoms with Crippen LogP contribution in [0.15, 0.2) is 0 Å². The van der Waals surface area contributed by atoms with Gasteiger partial charge in [0.15, 0.2) is 0 Å². The van der Waals surface area contributed by atoms with Crippen LogP contribution in [0.3, 0.4) is 0 Å². The number of hydrogen-bond acceptors (Lipinski definition) is 2. The van der Waals surface area contributed by atoms with Gasteiger partial charge in [-0.15, -0.1) is 0 Å². The highest BCUT2D eigenvalue weighted by Gasteiger charge is 2.27. The minimum Gasteiger partial charge on any atom is -0.373 e. The SMILES string of the molecule is CCC(CBr)CN1CCOC(C)(C)C1. The van der Waals surface area contributed by atoms with Gasteiger partial charge in [-0.3, -0.25) is 4.90 Å². The summed E-state index contributed by atoms with van der Waals surface area (Å²) in [5, 5.41) is 1.11. The fourth-order valence-corrected chi connectivity index (χ4v) is 2.58. The van der Waals surface area contributed by atoms with Crippen molar-refractivity contribution in [1.29, 1.82) is 0 Å². The zero-order valence-corrected chi connectivity index (χ0v) is 11.1. The maximum absolute atomic E-state index is 5.69. The quantitative estimate of drug-likeness (QED) is 0.723. The maximum atomic E-state index is 5.69. The third kappa shape index (κ3) is 3.87. The molecule has 1 saturated heterocycles. The summed E-state index contributed by atoms with van der Waals surface area (Å²) in [6.45, 7) is 10.9. The fourth-order valence-electron chi connectivity index (χ4n) is 1.92. The standard InChI is InChI=1S/C11H22BrNO/c1-4-10(7-12)8-13-5-6-14-11(2,3)9-13/h10H,4-9H2,1-3H3. The van der Waals surface area contributed by atoms with E-state index in [2.05, 4.69) is 41.6 Å². The highest BCUT2D eigenvalue weighted by Crippen LogP contribution is 2.18. The van der Waals surface area contributed by atoms with Gasteiger partial charge in [-0.1, -0.05) is 29.3 Å². The van der Waals surface area contributed by atoms with Crippen LogP contribution in [0.4, 0.5) is 0 Å². The monoisotopic (exact) mass is 263 g/mol. The van der Waals surface area contributed by atoms with Crippen molar-refractivity contribution in [3.05, 3.63) is 0 Å². The molecular weight excluding hydrogens is 242 g/mol. The number of halogens is 1. The molecule has 2 nitrogen and oxygen atoms in total. The van der Waals surface area contributed by atoms with Gasteiger partial charge in [-0.25, -0.2) is 0 Å². The van der Waals surface area contributed by atoms with Crippen LogP contribution in [0.2, 0.25) is 0 Å². The highest BCUT2D eigenvalue weighted by atomic mass is 79.9. The molecule has 3 heteroatoms. The van der Waals surface area contributed by atoms with Crippen molar-refractivity contribution in [2.75, 3.05) is 31.6 Å². The summed E-state index contributed by atoms with van der Waals surface area (Å²) in [5.41, 5.74) is 0.0445. The van der Waals surface area contributed by atoms with Gasteiger partial charge < -0.3 is 4.74 Å². The largest absolute Gasteiger partial charge is 0.373 e. The molecule has 0 aromatic heterocycles. The molecule has 0 saturated carbocycles. The number of morpholine rings is 1. The van der Waals surface area contributed by atoms with Crippen molar-refractivity contribution < 1.29 is 4.74 Å². The van der Waals surface area contributed by atoms with Crippen molar-refractivity contribution in [2.45, 2.75) is 32.8 Å². The van der Waals surface area contributed by atoms with Crippen molar-refractivity contribution in [1.82, 2.24) is 4.90 Å². The van der Waals surface area contributed by atoms with Gasteiger partial charge in [0.1, 0.15) is 0 Å². The number of ether oxygens (including phenoxy) is 1. The van der Waals surface area contributed by atoms with Gasteiger partial charge in [0.2, 0.25) is 0 Å². The van der Waals surface area contributed by atoms with E-state index in [1.54, 1.807) is 0 Å². The Kier molecular flexibility index (Phi) is 4.88. The fraction of sp³-hybridized carbons (Fsp3) is 1.00. The van der Waals surface area contributed by atoms with E-state index in [1.807, 2.05) is 0 Å². The first-order valence-electron chi connectivity index (χ1n) is 5.49. The molecule has 1 heterocycles. The Morgan fingerprint density at radius 3 is 2.71 bits per heavy atom. The number of alkyl halides is 1. The van der Waals surface area contributed by atoms with Crippen LogP contribution < -0.4 is 0 Å². The Labute approximate surface area is 96.1 Å². The normalized spacial score (nSPS) is 24.9. The summed E-state index contributed by atoms with van der Waals surface area (Å²) in [4.78, 5) is 2.53. The lowest BCUT2D eigenvalue weighted by molar-refractivity contribution is -0.0884. The maximum Gasteiger partial charge on any atom is 0.0753 e. The van der Waals surface area contributed by atoms with E-state index in [0.29, 0.717) is 0 Å². The average Bonchev–Trinajstić information content (AvgIpc) is 2.12. The molecule has 0 N–H and O–H groups in total. The first-order valence-corrected chi connectivity index (χ1v) is 6.62. The van der Waals surface area contributed by atoms with Crippen LogP contribution in [0.1, 0.15) is 27.2 Å². The summed E-state index contributed by atoms with van der Waals surface area (Å²) in [6, 6.07) is 0. The Morgan fingerprint density at radius 2 is 2.21 bits per heavy atom. The molecule has 14 heavy (non-hydrogen) atoms. The second-order valence-electron chi connectivity index (χ2n) is 4.77. The molecule has 1 unspecified atom stereocenters. The molecule has 1 rings (SSSR count). The average molecular weight is 264 g/mol. The first kappa shape index (κ1) is 12.5. The Morgan fingerprint density at radius 1 is 1.50 bits per heavy atom. The lowest BCUT2D eigenvalue weighted by Gasteiger charge is -2.39. The van der Waals surface area contributed by atoms with Crippen molar-refractivity contribution in [3.8, 4) is 0 Å². The molecule has 84 valence electrons. The van der Waals surface area contributed by atoms with Crippen LogP contribution in [0.25, 0.3) is 0 Å².